The first-order valence-corrected chi connectivity index (χ1v) is 9.50. The van der Waals surface area contributed by atoms with E-state index in [9.17, 15) is 4.39 Å². The van der Waals surface area contributed by atoms with Crippen molar-refractivity contribution in [2.45, 2.75) is 44.1 Å². The van der Waals surface area contributed by atoms with Crippen LogP contribution in [0.5, 0.6) is 0 Å². The Balaban J connectivity index is 1.41. The van der Waals surface area contributed by atoms with Crippen LogP contribution in [0.1, 0.15) is 38.5 Å². The van der Waals surface area contributed by atoms with Gasteiger partial charge in [-0.15, -0.1) is 0 Å². The third-order valence-electron chi connectivity index (χ3n) is 6.43. The van der Waals surface area contributed by atoms with Gasteiger partial charge in [0.2, 0.25) is 0 Å². The van der Waals surface area contributed by atoms with Crippen molar-refractivity contribution in [1.29, 1.82) is 0 Å². The van der Waals surface area contributed by atoms with E-state index in [1.54, 1.807) is 18.2 Å². The van der Waals surface area contributed by atoms with Crippen LogP contribution >= 0.6 is 0 Å². The van der Waals surface area contributed by atoms with Crippen molar-refractivity contribution in [3.63, 3.8) is 0 Å². The number of nitrogens with one attached hydrogen (secondary N) is 2. The Hall–Kier alpha value is -2.37. The van der Waals surface area contributed by atoms with Crippen molar-refractivity contribution in [3.8, 4) is 0 Å². The van der Waals surface area contributed by atoms with Crippen LogP contribution in [0.25, 0.3) is 0 Å². The highest BCUT2D eigenvalue weighted by molar-refractivity contribution is 5.78. The number of benzene rings is 1. The molecule has 4 bridgehead atoms. The number of hydrogen-bond donors (Lipinski definition) is 3. The van der Waals surface area contributed by atoms with E-state index >= 15 is 0 Å². The molecular weight excluding hydrogens is 329 g/mol. The van der Waals surface area contributed by atoms with E-state index in [2.05, 4.69) is 20.6 Å². The van der Waals surface area contributed by atoms with Crippen molar-refractivity contribution in [3.05, 3.63) is 36.4 Å². The summed E-state index contributed by atoms with van der Waals surface area (Å²) < 4.78 is 13.9. The fraction of sp³-hybridized carbons (Fsp3) is 0.500. The van der Waals surface area contributed by atoms with Crippen LogP contribution in [0.3, 0.4) is 0 Å². The fourth-order valence-corrected chi connectivity index (χ4v) is 5.80. The standard InChI is InChI=1S/C20H24FN5/c21-15-3-1-2-4-16(15)25-18-17(22)19(24-11-23-18)26-20-8-12-5-13(9-20)7-14(6-12)10-20/h1-4,11-14H,5-10,22H2,(H2,23,24,25,26). The SMILES string of the molecule is Nc1c(Nc2ccccc2F)ncnc1NC12CC3CC(CC(C3)C1)C2. The van der Waals surface area contributed by atoms with Gasteiger partial charge in [0.15, 0.2) is 11.6 Å². The smallest absolute Gasteiger partial charge is 0.159 e. The Labute approximate surface area is 152 Å². The maximum atomic E-state index is 13.9. The van der Waals surface area contributed by atoms with Gasteiger partial charge in [-0.05, 0) is 68.4 Å². The summed E-state index contributed by atoms with van der Waals surface area (Å²) in [5.74, 6) is 3.30. The van der Waals surface area contributed by atoms with Crippen molar-refractivity contribution >= 4 is 23.0 Å². The lowest BCUT2D eigenvalue weighted by molar-refractivity contribution is 0.0106. The van der Waals surface area contributed by atoms with E-state index in [1.807, 2.05) is 0 Å². The van der Waals surface area contributed by atoms with Crippen molar-refractivity contribution in [1.82, 2.24) is 9.97 Å². The van der Waals surface area contributed by atoms with E-state index in [1.165, 1.54) is 50.9 Å². The molecule has 2 aromatic rings. The molecule has 4 saturated carbocycles. The average Bonchev–Trinajstić information content (AvgIpc) is 2.59. The lowest BCUT2D eigenvalue weighted by atomic mass is 9.53. The molecule has 6 rings (SSSR count). The highest BCUT2D eigenvalue weighted by atomic mass is 19.1. The van der Waals surface area contributed by atoms with Crippen LogP contribution in [0.2, 0.25) is 0 Å². The van der Waals surface area contributed by atoms with E-state index in [0.717, 1.165) is 17.8 Å². The minimum Gasteiger partial charge on any atom is -0.393 e. The van der Waals surface area contributed by atoms with E-state index in [0.29, 0.717) is 23.0 Å². The molecule has 4 N–H and O–H groups in total. The van der Waals surface area contributed by atoms with E-state index in [4.69, 9.17) is 5.73 Å². The van der Waals surface area contributed by atoms with Gasteiger partial charge in [-0.3, -0.25) is 0 Å². The predicted molar refractivity (Wildman–Crippen MR) is 101 cm³/mol. The molecule has 0 unspecified atom stereocenters. The van der Waals surface area contributed by atoms with Gasteiger partial charge in [0, 0.05) is 5.54 Å². The molecule has 136 valence electrons. The molecule has 5 nitrogen and oxygen atoms in total. The molecular formula is C20H24FN5. The van der Waals surface area contributed by atoms with Crippen LogP contribution in [0.15, 0.2) is 30.6 Å². The number of hydrogen-bond acceptors (Lipinski definition) is 5. The molecule has 1 aromatic carbocycles. The molecule has 4 aliphatic rings. The minimum absolute atomic E-state index is 0.118. The Morgan fingerprint density at radius 2 is 1.58 bits per heavy atom. The largest absolute Gasteiger partial charge is 0.393 e. The molecule has 0 spiro atoms. The number of rotatable bonds is 4. The zero-order valence-electron chi connectivity index (χ0n) is 14.7. The lowest BCUT2D eigenvalue weighted by Gasteiger charge is -2.57. The van der Waals surface area contributed by atoms with Gasteiger partial charge in [-0.1, -0.05) is 12.1 Å². The van der Waals surface area contributed by atoms with Crippen molar-refractivity contribution in [2.24, 2.45) is 17.8 Å². The number of nitrogens with zero attached hydrogens (tertiary/aromatic N) is 2. The van der Waals surface area contributed by atoms with Crippen LogP contribution in [0.4, 0.5) is 27.4 Å². The van der Waals surface area contributed by atoms with Crippen molar-refractivity contribution in [2.75, 3.05) is 16.4 Å². The van der Waals surface area contributed by atoms with Gasteiger partial charge in [-0.2, -0.15) is 0 Å². The number of halogens is 1. The Morgan fingerprint density at radius 3 is 2.23 bits per heavy atom. The number of aromatic nitrogens is 2. The molecule has 0 saturated heterocycles. The number of nitrogens with two attached hydrogens (primary N) is 1. The molecule has 0 radical (unpaired) electrons. The monoisotopic (exact) mass is 353 g/mol. The quantitative estimate of drug-likeness (QED) is 0.763. The highest BCUT2D eigenvalue weighted by Gasteiger charge is 2.51. The zero-order chi connectivity index (χ0) is 17.7. The summed E-state index contributed by atoms with van der Waals surface area (Å²) in [5.41, 5.74) is 7.27. The van der Waals surface area contributed by atoms with Crippen LogP contribution in [0, 0.1) is 23.6 Å². The van der Waals surface area contributed by atoms with Gasteiger partial charge in [-0.25, -0.2) is 14.4 Å². The molecule has 0 amide bonds. The first-order chi connectivity index (χ1) is 12.6. The van der Waals surface area contributed by atoms with Crippen LogP contribution in [-0.2, 0) is 0 Å². The van der Waals surface area contributed by atoms with Gasteiger partial charge < -0.3 is 16.4 Å². The van der Waals surface area contributed by atoms with Gasteiger partial charge >= 0.3 is 0 Å². The summed E-state index contributed by atoms with van der Waals surface area (Å²) in [4.78, 5) is 8.61. The molecule has 0 aliphatic heterocycles. The second kappa shape index (κ2) is 5.83. The summed E-state index contributed by atoms with van der Waals surface area (Å²) in [6.45, 7) is 0. The van der Waals surface area contributed by atoms with Gasteiger partial charge in [0.25, 0.3) is 0 Å². The molecule has 6 heteroatoms. The van der Waals surface area contributed by atoms with Crippen LogP contribution < -0.4 is 16.4 Å². The Morgan fingerprint density at radius 1 is 0.962 bits per heavy atom. The third kappa shape index (κ3) is 2.68. The summed E-state index contributed by atoms with van der Waals surface area (Å²) >= 11 is 0. The van der Waals surface area contributed by atoms with Crippen LogP contribution in [-0.4, -0.2) is 15.5 Å². The first-order valence-electron chi connectivity index (χ1n) is 9.50. The van der Waals surface area contributed by atoms with E-state index < -0.39 is 0 Å². The normalized spacial score (nSPS) is 31.8. The summed E-state index contributed by atoms with van der Waals surface area (Å²) in [6, 6.07) is 6.51. The Kier molecular flexibility index (Phi) is 3.55. The summed E-state index contributed by atoms with van der Waals surface area (Å²) in [7, 11) is 0. The second-order valence-corrected chi connectivity index (χ2v) is 8.41. The fourth-order valence-electron chi connectivity index (χ4n) is 5.80. The third-order valence-corrected chi connectivity index (χ3v) is 6.43. The lowest BCUT2D eigenvalue weighted by Crippen LogP contribution is -2.55. The number of anilines is 4. The Bertz CT molecular complexity index is 801. The van der Waals surface area contributed by atoms with Crippen molar-refractivity contribution < 1.29 is 4.39 Å². The van der Waals surface area contributed by atoms with Gasteiger partial charge in [0.1, 0.15) is 17.8 Å². The number of para-hydroxylation sites is 1. The summed E-state index contributed by atoms with van der Waals surface area (Å²) in [5, 5.41) is 6.68. The van der Waals surface area contributed by atoms with E-state index in [-0.39, 0.29) is 11.4 Å². The summed E-state index contributed by atoms with van der Waals surface area (Å²) in [6.07, 6.45) is 9.28. The topological polar surface area (TPSA) is 75.9 Å². The predicted octanol–water partition coefficient (Wildman–Crippen LogP) is 4.32. The molecule has 0 atom stereocenters. The maximum absolute atomic E-state index is 13.9. The highest BCUT2D eigenvalue weighted by Crippen LogP contribution is 2.56. The molecule has 4 fully saturated rings. The molecule has 1 aromatic heterocycles. The van der Waals surface area contributed by atoms with Gasteiger partial charge in [0.05, 0.1) is 5.69 Å². The first kappa shape index (κ1) is 15.9. The average molecular weight is 353 g/mol. The molecule has 26 heavy (non-hydrogen) atoms. The maximum Gasteiger partial charge on any atom is 0.159 e. The minimum atomic E-state index is -0.332. The number of nitrogen functional groups attached to an aromatic ring is 1. The molecule has 1 heterocycles. The molecule has 4 aliphatic carbocycles. The zero-order valence-corrected chi connectivity index (χ0v) is 14.7. The second-order valence-electron chi connectivity index (χ2n) is 8.41.